The second kappa shape index (κ2) is 11.4. The molecule has 4 rings (SSSR count). The molecule has 1 aliphatic carbocycles. The first-order valence-corrected chi connectivity index (χ1v) is 12.2. The third-order valence-corrected chi connectivity index (χ3v) is 6.67. The molecule has 8 heteroatoms. The lowest BCUT2D eigenvalue weighted by molar-refractivity contribution is 0.319. The van der Waals surface area contributed by atoms with Crippen LogP contribution in [0.4, 0.5) is 11.8 Å². The van der Waals surface area contributed by atoms with Gasteiger partial charge >= 0.3 is 0 Å². The molecule has 0 aliphatic heterocycles. The van der Waals surface area contributed by atoms with Crippen molar-refractivity contribution in [2.45, 2.75) is 38.3 Å². The molecular formula is C27H37N5O3. The van der Waals surface area contributed by atoms with Gasteiger partial charge in [0.25, 0.3) is 0 Å². The molecule has 0 bridgehead atoms. The van der Waals surface area contributed by atoms with Crippen molar-refractivity contribution in [1.29, 1.82) is 0 Å². The number of hydrogen-bond donors (Lipinski definition) is 2. The maximum absolute atomic E-state index is 5.47. The molecule has 1 fully saturated rings. The van der Waals surface area contributed by atoms with E-state index in [1.807, 2.05) is 49.3 Å². The van der Waals surface area contributed by atoms with Crippen LogP contribution < -0.4 is 29.7 Å². The molecule has 0 unspecified atom stereocenters. The van der Waals surface area contributed by atoms with Gasteiger partial charge in [-0.15, -0.1) is 0 Å². The van der Waals surface area contributed by atoms with Crippen LogP contribution in [0.15, 0.2) is 36.4 Å². The first kappa shape index (κ1) is 24.9. The largest absolute Gasteiger partial charge is 0.493 e. The lowest BCUT2D eigenvalue weighted by Crippen LogP contribution is -2.31. The van der Waals surface area contributed by atoms with Gasteiger partial charge < -0.3 is 29.7 Å². The Morgan fingerprint density at radius 1 is 0.914 bits per heavy atom. The van der Waals surface area contributed by atoms with Crippen molar-refractivity contribution in [1.82, 2.24) is 15.3 Å². The molecule has 0 saturated heterocycles. The molecule has 1 heterocycles. The lowest BCUT2D eigenvalue weighted by Gasteiger charge is -2.29. The molecule has 2 N–H and O–H groups in total. The molecule has 188 valence electrons. The van der Waals surface area contributed by atoms with Gasteiger partial charge in [0.05, 0.1) is 26.8 Å². The monoisotopic (exact) mass is 479 g/mol. The highest BCUT2D eigenvalue weighted by Gasteiger charge is 2.22. The van der Waals surface area contributed by atoms with Crippen LogP contribution in [0.2, 0.25) is 0 Å². The maximum Gasteiger partial charge on any atom is 0.225 e. The summed E-state index contributed by atoms with van der Waals surface area (Å²) in [4.78, 5) is 11.6. The van der Waals surface area contributed by atoms with Gasteiger partial charge in [0, 0.05) is 32.1 Å². The molecule has 0 amide bonds. The van der Waals surface area contributed by atoms with E-state index in [4.69, 9.17) is 24.2 Å². The third kappa shape index (κ3) is 5.88. The average Bonchev–Trinajstić information content (AvgIpc) is 2.88. The number of nitrogens with one attached hydrogen (secondary N) is 2. The van der Waals surface area contributed by atoms with Crippen molar-refractivity contribution < 1.29 is 14.2 Å². The summed E-state index contributed by atoms with van der Waals surface area (Å²) >= 11 is 0. The van der Waals surface area contributed by atoms with Gasteiger partial charge in [0.15, 0.2) is 11.5 Å². The lowest BCUT2D eigenvalue weighted by atomic mass is 9.86. The summed E-state index contributed by atoms with van der Waals surface area (Å²) in [5, 5.41) is 8.29. The second-order valence-corrected chi connectivity index (χ2v) is 9.31. The number of hydrogen-bond acceptors (Lipinski definition) is 8. The predicted octanol–water partition coefficient (Wildman–Crippen LogP) is 4.48. The highest BCUT2D eigenvalue weighted by molar-refractivity contribution is 5.90. The quantitative estimate of drug-likeness (QED) is 0.441. The van der Waals surface area contributed by atoms with Crippen molar-refractivity contribution in [3.63, 3.8) is 0 Å². The van der Waals surface area contributed by atoms with Crippen molar-refractivity contribution >= 4 is 22.7 Å². The SMILES string of the molecule is COc1cc(CNCC2CCC(Nc3nc(N(C)C)c4ccccc4n3)CC2)cc(OC)c1OC. The molecule has 0 spiro atoms. The van der Waals surface area contributed by atoms with Crippen LogP contribution in [0.25, 0.3) is 10.9 Å². The molecule has 1 saturated carbocycles. The molecule has 8 nitrogen and oxygen atoms in total. The van der Waals surface area contributed by atoms with E-state index >= 15 is 0 Å². The fourth-order valence-corrected chi connectivity index (χ4v) is 4.82. The summed E-state index contributed by atoms with van der Waals surface area (Å²) in [6.07, 6.45) is 4.58. The Morgan fingerprint density at radius 3 is 2.23 bits per heavy atom. The number of methoxy groups -OCH3 is 3. The van der Waals surface area contributed by atoms with Crippen LogP contribution in [0, 0.1) is 5.92 Å². The highest BCUT2D eigenvalue weighted by Crippen LogP contribution is 2.38. The van der Waals surface area contributed by atoms with Crippen LogP contribution in [0.1, 0.15) is 31.2 Å². The summed E-state index contributed by atoms with van der Waals surface area (Å²) in [5.41, 5.74) is 2.08. The van der Waals surface area contributed by atoms with Crippen LogP contribution in [0.3, 0.4) is 0 Å². The van der Waals surface area contributed by atoms with E-state index in [0.29, 0.717) is 29.2 Å². The highest BCUT2D eigenvalue weighted by atomic mass is 16.5. The van der Waals surface area contributed by atoms with E-state index in [1.54, 1.807) is 21.3 Å². The van der Waals surface area contributed by atoms with Crippen LogP contribution in [-0.4, -0.2) is 58.0 Å². The predicted molar refractivity (Wildman–Crippen MR) is 141 cm³/mol. The molecule has 1 aliphatic rings. The van der Waals surface area contributed by atoms with Crippen LogP contribution in [-0.2, 0) is 6.54 Å². The van der Waals surface area contributed by atoms with Gasteiger partial charge in [0.2, 0.25) is 11.7 Å². The first-order chi connectivity index (χ1) is 17.0. The molecule has 0 atom stereocenters. The Hall–Kier alpha value is -3.26. The fourth-order valence-electron chi connectivity index (χ4n) is 4.82. The minimum atomic E-state index is 0.400. The normalized spacial score (nSPS) is 17.7. The van der Waals surface area contributed by atoms with E-state index in [0.717, 1.165) is 54.2 Å². The zero-order valence-electron chi connectivity index (χ0n) is 21.4. The van der Waals surface area contributed by atoms with Crippen molar-refractivity contribution in [3.05, 3.63) is 42.0 Å². The van der Waals surface area contributed by atoms with Gasteiger partial charge in [-0.05, 0) is 68.0 Å². The maximum atomic E-state index is 5.47. The number of nitrogens with zero attached hydrogens (tertiary/aromatic N) is 3. The summed E-state index contributed by atoms with van der Waals surface area (Å²) in [6, 6.07) is 12.6. The third-order valence-electron chi connectivity index (χ3n) is 6.67. The first-order valence-electron chi connectivity index (χ1n) is 12.2. The Labute approximate surface area is 208 Å². The van der Waals surface area contributed by atoms with Gasteiger partial charge in [0.1, 0.15) is 5.82 Å². The molecular weight excluding hydrogens is 442 g/mol. The smallest absolute Gasteiger partial charge is 0.225 e. The van der Waals surface area contributed by atoms with E-state index in [1.165, 1.54) is 12.8 Å². The summed E-state index contributed by atoms with van der Waals surface area (Å²) < 4.78 is 16.4. The second-order valence-electron chi connectivity index (χ2n) is 9.31. The van der Waals surface area contributed by atoms with E-state index in [9.17, 15) is 0 Å². The zero-order valence-corrected chi connectivity index (χ0v) is 21.4. The Balaban J connectivity index is 1.29. The average molecular weight is 480 g/mol. The molecule has 0 radical (unpaired) electrons. The molecule has 35 heavy (non-hydrogen) atoms. The standard InChI is InChI=1S/C27H37N5O3/c1-32(2)26-21-8-6-7-9-22(21)30-27(31-26)29-20-12-10-18(11-13-20)16-28-17-19-14-23(33-3)25(35-5)24(15-19)34-4/h6-9,14-15,18,20,28H,10-13,16-17H2,1-5H3,(H,29,30,31). The minimum absolute atomic E-state index is 0.400. The zero-order chi connectivity index (χ0) is 24.8. The number of fused-ring (bicyclic) bond motifs is 1. The number of rotatable bonds is 10. The van der Waals surface area contributed by atoms with Gasteiger partial charge in [-0.3, -0.25) is 0 Å². The molecule has 1 aromatic heterocycles. The van der Waals surface area contributed by atoms with Crippen molar-refractivity contribution in [3.8, 4) is 17.2 Å². The number of benzene rings is 2. The Kier molecular flexibility index (Phi) is 8.13. The summed E-state index contributed by atoms with van der Waals surface area (Å²) in [6.45, 7) is 1.74. The van der Waals surface area contributed by atoms with E-state index in [2.05, 4.69) is 16.7 Å². The van der Waals surface area contributed by atoms with E-state index in [-0.39, 0.29) is 0 Å². The van der Waals surface area contributed by atoms with Crippen molar-refractivity contribution in [2.75, 3.05) is 52.2 Å². The number of anilines is 2. The van der Waals surface area contributed by atoms with Gasteiger partial charge in [-0.1, -0.05) is 12.1 Å². The number of para-hydroxylation sites is 1. The van der Waals surface area contributed by atoms with E-state index < -0.39 is 0 Å². The van der Waals surface area contributed by atoms with Crippen LogP contribution in [0.5, 0.6) is 17.2 Å². The number of ether oxygens (including phenoxy) is 3. The Morgan fingerprint density at radius 2 is 1.60 bits per heavy atom. The van der Waals surface area contributed by atoms with Crippen LogP contribution >= 0.6 is 0 Å². The fraction of sp³-hybridized carbons (Fsp3) is 0.481. The van der Waals surface area contributed by atoms with Crippen molar-refractivity contribution in [2.24, 2.45) is 5.92 Å². The minimum Gasteiger partial charge on any atom is -0.493 e. The Bertz CT molecular complexity index is 1100. The number of aromatic nitrogens is 2. The topological polar surface area (TPSA) is 80.8 Å². The summed E-state index contributed by atoms with van der Waals surface area (Å²) in [7, 11) is 8.96. The summed E-state index contributed by atoms with van der Waals surface area (Å²) in [5.74, 6) is 4.31. The van der Waals surface area contributed by atoms with Gasteiger partial charge in [-0.2, -0.15) is 4.98 Å². The molecule has 3 aromatic rings. The van der Waals surface area contributed by atoms with Gasteiger partial charge in [-0.25, -0.2) is 4.98 Å². The molecule has 2 aromatic carbocycles.